The Morgan fingerprint density at radius 2 is 1.80 bits per heavy atom. The molecule has 1 saturated carbocycles. The van der Waals surface area contributed by atoms with Crippen LogP contribution in [-0.2, 0) is 11.3 Å². The summed E-state index contributed by atoms with van der Waals surface area (Å²) in [5, 5.41) is 8.92. The first kappa shape index (κ1) is 20.6. The second-order valence-corrected chi connectivity index (χ2v) is 8.37. The quantitative estimate of drug-likeness (QED) is 0.564. The van der Waals surface area contributed by atoms with Crippen LogP contribution in [0.2, 0.25) is 0 Å². The molecule has 0 unspecified atom stereocenters. The number of aromatic nitrogens is 2. The molecule has 0 saturated heterocycles. The van der Waals surface area contributed by atoms with Gasteiger partial charge in [-0.2, -0.15) is 5.10 Å². The molecule has 0 spiro atoms. The molecule has 1 aliphatic rings. The summed E-state index contributed by atoms with van der Waals surface area (Å²) in [6.45, 7) is 1.99. The number of carbonyl (C=O) groups excluding carboxylic acids is 1. The van der Waals surface area contributed by atoms with E-state index >= 15 is 0 Å². The molecule has 1 fully saturated rings. The second kappa shape index (κ2) is 9.90. The highest BCUT2D eigenvalue weighted by atomic mass is 16.2. The van der Waals surface area contributed by atoms with Gasteiger partial charge in [-0.3, -0.25) is 9.48 Å². The Labute approximate surface area is 179 Å². The number of hydrogen-bond acceptors (Lipinski definition) is 3. The number of amides is 1. The Kier molecular flexibility index (Phi) is 6.80. The zero-order valence-electron chi connectivity index (χ0n) is 17.9. The fourth-order valence-corrected chi connectivity index (χ4v) is 4.51. The van der Waals surface area contributed by atoms with Gasteiger partial charge in [-0.15, -0.1) is 0 Å². The lowest BCUT2D eigenvalue weighted by atomic mass is 9.94. The smallest absolute Gasteiger partial charge is 0.241 e. The molecule has 0 bridgehead atoms. The molecule has 5 nitrogen and oxygen atoms in total. The van der Waals surface area contributed by atoms with Gasteiger partial charge < -0.3 is 10.2 Å². The van der Waals surface area contributed by atoms with Gasteiger partial charge in [-0.1, -0.05) is 67.8 Å². The van der Waals surface area contributed by atoms with Gasteiger partial charge in [0.2, 0.25) is 5.91 Å². The summed E-state index contributed by atoms with van der Waals surface area (Å²) >= 11 is 0. The van der Waals surface area contributed by atoms with Crippen molar-refractivity contribution < 1.29 is 4.79 Å². The van der Waals surface area contributed by atoms with Crippen molar-refractivity contribution in [2.75, 3.05) is 20.1 Å². The molecule has 1 heterocycles. The fraction of sp³-hybridized carbons (Fsp3) is 0.440. The van der Waals surface area contributed by atoms with Crippen molar-refractivity contribution in [1.29, 1.82) is 0 Å². The van der Waals surface area contributed by atoms with Gasteiger partial charge in [0.15, 0.2) is 0 Å². The Balaban J connectivity index is 1.33. The minimum atomic E-state index is 0.0168. The molecule has 0 atom stereocenters. The van der Waals surface area contributed by atoms with E-state index in [0.29, 0.717) is 6.54 Å². The average Bonchev–Trinajstić information content (AvgIpc) is 3.16. The minimum absolute atomic E-state index is 0.0168. The van der Waals surface area contributed by atoms with Gasteiger partial charge in [-0.25, -0.2) is 0 Å². The van der Waals surface area contributed by atoms with Crippen LogP contribution in [0, 0.1) is 0 Å². The van der Waals surface area contributed by atoms with Crippen LogP contribution in [0.3, 0.4) is 0 Å². The van der Waals surface area contributed by atoms with Crippen LogP contribution < -0.4 is 5.32 Å². The molecule has 1 N–H and O–H groups in total. The summed E-state index contributed by atoms with van der Waals surface area (Å²) in [6, 6.07) is 19.0. The van der Waals surface area contributed by atoms with E-state index < -0.39 is 0 Å². The molecule has 0 radical (unpaired) electrons. The lowest BCUT2D eigenvalue weighted by molar-refractivity contribution is -0.121. The third-order valence-corrected chi connectivity index (χ3v) is 6.21. The molecule has 5 heteroatoms. The molecule has 1 aliphatic carbocycles. The van der Waals surface area contributed by atoms with Crippen LogP contribution in [0.15, 0.2) is 54.6 Å². The predicted octanol–water partition coefficient (Wildman–Crippen LogP) is 4.47. The summed E-state index contributed by atoms with van der Waals surface area (Å²) in [4.78, 5) is 15.0. The summed E-state index contributed by atoms with van der Waals surface area (Å²) in [6.07, 6.45) is 7.71. The van der Waals surface area contributed by atoms with Crippen molar-refractivity contribution in [2.24, 2.45) is 0 Å². The summed E-state index contributed by atoms with van der Waals surface area (Å²) < 4.78 is 1.82. The highest BCUT2D eigenvalue weighted by molar-refractivity contribution is 5.94. The van der Waals surface area contributed by atoms with Gasteiger partial charge in [-0.05, 0) is 38.9 Å². The number of nitrogens with one attached hydrogen (secondary N) is 1. The normalized spacial score (nSPS) is 15.0. The summed E-state index contributed by atoms with van der Waals surface area (Å²) in [7, 11) is 2.22. The Morgan fingerprint density at radius 1 is 1.07 bits per heavy atom. The SMILES string of the molecule is CN(CCCNC(=O)Cn1nc(-c2ccccc2)c2ccccc21)C1CCCCC1. The van der Waals surface area contributed by atoms with Crippen LogP contribution in [-0.4, -0.2) is 46.8 Å². The average molecular weight is 405 g/mol. The number of hydrogen-bond donors (Lipinski definition) is 1. The van der Waals surface area contributed by atoms with Crippen molar-refractivity contribution in [3.63, 3.8) is 0 Å². The van der Waals surface area contributed by atoms with Crippen LogP contribution in [0.25, 0.3) is 22.2 Å². The van der Waals surface area contributed by atoms with Gasteiger partial charge >= 0.3 is 0 Å². The standard InChI is InChI=1S/C25H32N4O/c1-28(21-13-6-3-7-14-21)18-10-17-26-24(30)19-29-23-16-9-8-15-22(23)25(27-29)20-11-4-2-5-12-20/h2,4-5,8-9,11-12,15-16,21H,3,6-7,10,13-14,17-19H2,1H3,(H,26,30). The monoisotopic (exact) mass is 404 g/mol. The lowest BCUT2D eigenvalue weighted by Crippen LogP contribution is -2.36. The summed E-state index contributed by atoms with van der Waals surface area (Å²) in [5.41, 5.74) is 2.98. The van der Waals surface area contributed by atoms with Gasteiger partial charge in [0.1, 0.15) is 12.2 Å². The molecule has 0 aliphatic heterocycles. The van der Waals surface area contributed by atoms with Crippen LogP contribution >= 0.6 is 0 Å². The first-order valence-corrected chi connectivity index (χ1v) is 11.2. The molecule has 30 heavy (non-hydrogen) atoms. The number of rotatable bonds is 8. The van der Waals surface area contributed by atoms with E-state index in [9.17, 15) is 4.79 Å². The van der Waals surface area contributed by atoms with Crippen molar-refractivity contribution >= 4 is 16.8 Å². The first-order chi connectivity index (χ1) is 14.7. The topological polar surface area (TPSA) is 50.2 Å². The molecule has 3 aromatic rings. The van der Waals surface area contributed by atoms with E-state index in [-0.39, 0.29) is 12.5 Å². The van der Waals surface area contributed by atoms with E-state index in [1.165, 1.54) is 32.1 Å². The van der Waals surface area contributed by atoms with E-state index in [0.717, 1.165) is 41.2 Å². The Bertz CT molecular complexity index is 960. The second-order valence-electron chi connectivity index (χ2n) is 8.37. The molecular formula is C25H32N4O. The number of carbonyl (C=O) groups is 1. The zero-order valence-corrected chi connectivity index (χ0v) is 17.9. The van der Waals surface area contributed by atoms with E-state index in [1.54, 1.807) is 0 Å². The summed E-state index contributed by atoms with van der Waals surface area (Å²) in [5.74, 6) is 0.0168. The van der Waals surface area contributed by atoms with E-state index in [4.69, 9.17) is 5.10 Å². The molecule has 1 amide bonds. The maximum atomic E-state index is 12.6. The third kappa shape index (κ3) is 4.90. The molecule has 4 rings (SSSR count). The molecule has 1 aromatic heterocycles. The van der Waals surface area contributed by atoms with Crippen molar-refractivity contribution in [3.8, 4) is 11.3 Å². The number of fused-ring (bicyclic) bond motifs is 1. The van der Waals surface area contributed by atoms with Crippen LogP contribution in [0.4, 0.5) is 0 Å². The van der Waals surface area contributed by atoms with Crippen molar-refractivity contribution in [1.82, 2.24) is 20.0 Å². The largest absolute Gasteiger partial charge is 0.354 e. The molecule has 158 valence electrons. The van der Waals surface area contributed by atoms with E-state index in [2.05, 4.69) is 35.5 Å². The lowest BCUT2D eigenvalue weighted by Gasteiger charge is -2.31. The predicted molar refractivity (Wildman–Crippen MR) is 122 cm³/mol. The highest BCUT2D eigenvalue weighted by Gasteiger charge is 2.17. The molecule has 2 aromatic carbocycles. The Morgan fingerprint density at radius 3 is 2.60 bits per heavy atom. The third-order valence-electron chi connectivity index (χ3n) is 6.21. The van der Waals surface area contributed by atoms with E-state index in [1.807, 2.05) is 41.1 Å². The maximum absolute atomic E-state index is 12.6. The van der Waals surface area contributed by atoms with Crippen LogP contribution in [0.5, 0.6) is 0 Å². The van der Waals surface area contributed by atoms with Crippen molar-refractivity contribution in [3.05, 3.63) is 54.6 Å². The van der Waals surface area contributed by atoms with Crippen LogP contribution in [0.1, 0.15) is 38.5 Å². The highest BCUT2D eigenvalue weighted by Crippen LogP contribution is 2.27. The maximum Gasteiger partial charge on any atom is 0.241 e. The number of nitrogens with zero attached hydrogens (tertiary/aromatic N) is 3. The fourth-order valence-electron chi connectivity index (χ4n) is 4.51. The van der Waals surface area contributed by atoms with Gasteiger partial charge in [0.25, 0.3) is 0 Å². The number of benzene rings is 2. The zero-order chi connectivity index (χ0) is 20.8. The Hall–Kier alpha value is -2.66. The minimum Gasteiger partial charge on any atom is -0.354 e. The first-order valence-electron chi connectivity index (χ1n) is 11.2. The number of para-hydroxylation sites is 1. The van der Waals surface area contributed by atoms with Gasteiger partial charge in [0, 0.05) is 23.5 Å². The molecular weight excluding hydrogens is 372 g/mol. The van der Waals surface area contributed by atoms with Crippen molar-refractivity contribution in [2.45, 2.75) is 51.1 Å². The van der Waals surface area contributed by atoms with Gasteiger partial charge in [0.05, 0.1) is 5.52 Å².